The zero-order valence-corrected chi connectivity index (χ0v) is 18.1. The van der Waals surface area contributed by atoms with Crippen LogP contribution in [0.15, 0.2) is 65.1 Å². The molecule has 0 saturated carbocycles. The topological polar surface area (TPSA) is 50.8 Å². The Morgan fingerprint density at radius 3 is 2.65 bits per heavy atom. The highest BCUT2D eigenvalue weighted by molar-refractivity contribution is 9.10. The van der Waals surface area contributed by atoms with Gasteiger partial charge in [-0.25, -0.2) is 4.39 Å². The number of terminal acetylenes is 1. The number of anilines is 2. The maximum Gasteiger partial charge on any atom is 0.262 e. The van der Waals surface area contributed by atoms with Crippen LogP contribution in [0.1, 0.15) is 22.1 Å². The molecule has 0 radical (unpaired) electrons. The molecule has 5 nitrogen and oxygen atoms in total. The van der Waals surface area contributed by atoms with Gasteiger partial charge in [0.05, 0.1) is 17.1 Å². The van der Waals surface area contributed by atoms with Crippen LogP contribution in [-0.4, -0.2) is 19.6 Å². The number of carbonyl (C=O) groups excluding carboxylic acids is 1. The SMILES string of the molecule is C#CCOc1c(Br)cc([C@H]2Nc3ccccc3C(=O)N2c2ccc(F)cc2)cc1OC. The van der Waals surface area contributed by atoms with Gasteiger partial charge in [-0.1, -0.05) is 18.1 Å². The first-order chi connectivity index (χ1) is 15.0. The third-order valence-electron chi connectivity index (χ3n) is 4.90. The monoisotopic (exact) mass is 480 g/mol. The number of hydrogen-bond donors (Lipinski definition) is 1. The Morgan fingerprint density at radius 2 is 1.94 bits per heavy atom. The molecule has 3 aromatic rings. The van der Waals surface area contributed by atoms with E-state index in [-0.39, 0.29) is 18.3 Å². The molecule has 31 heavy (non-hydrogen) atoms. The van der Waals surface area contributed by atoms with Gasteiger partial charge in [0.15, 0.2) is 11.5 Å². The first kappa shape index (κ1) is 20.8. The molecule has 1 aliphatic heterocycles. The van der Waals surface area contributed by atoms with Gasteiger partial charge in [0.1, 0.15) is 18.6 Å². The number of halogens is 2. The predicted octanol–water partition coefficient (Wildman–Crippen LogP) is 5.38. The highest BCUT2D eigenvalue weighted by atomic mass is 79.9. The summed E-state index contributed by atoms with van der Waals surface area (Å²) in [6, 6.07) is 16.7. The molecule has 1 heterocycles. The van der Waals surface area contributed by atoms with Crippen molar-refractivity contribution in [2.45, 2.75) is 6.17 Å². The molecule has 0 unspecified atom stereocenters. The standard InChI is InChI=1S/C24H18BrFN2O3/c1-3-12-31-22-19(25)13-15(14-21(22)30-2)23-27-20-7-5-4-6-18(20)24(29)28(23)17-10-8-16(26)9-11-17/h1,4-11,13-14,23,27H,12H2,2H3/t23-/m0/s1. The average molecular weight is 481 g/mol. The molecule has 4 rings (SSSR count). The van der Waals surface area contributed by atoms with Crippen LogP contribution in [0.4, 0.5) is 15.8 Å². The van der Waals surface area contributed by atoms with E-state index in [9.17, 15) is 9.18 Å². The van der Waals surface area contributed by atoms with E-state index >= 15 is 0 Å². The Kier molecular flexibility index (Phi) is 5.83. The molecular formula is C24H18BrFN2O3. The summed E-state index contributed by atoms with van der Waals surface area (Å²) in [6.07, 6.45) is 4.74. The molecule has 0 saturated heterocycles. The van der Waals surface area contributed by atoms with Crippen LogP contribution >= 0.6 is 15.9 Å². The van der Waals surface area contributed by atoms with Gasteiger partial charge in [0.25, 0.3) is 5.91 Å². The van der Waals surface area contributed by atoms with Crippen LogP contribution in [0.25, 0.3) is 0 Å². The molecule has 156 valence electrons. The fraction of sp³-hybridized carbons (Fsp3) is 0.125. The number of ether oxygens (including phenoxy) is 2. The number of nitrogens with zero attached hydrogens (tertiary/aromatic N) is 1. The number of rotatable bonds is 5. The molecule has 1 amide bonds. The molecule has 0 fully saturated rings. The van der Waals surface area contributed by atoms with Gasteiger partial charge in [-0.2, -0.15) is 0 Å². The van der Waals surface area contributed by atoms with Crippen LogP contribution in [0.2, 0.25) is 0 Å². The summed E-state index contributed by atoms with van der Waals surface area (Å²) in [6.45, 7) is 0.0869. The van der Waals surface area contributed by atoms with Crippen molar-refractivity contribution in [2.24, 2.45) is 0 Å². The average Bonchev–Trinajstić information content (AvgIpc) is 2.78. The Bertz CT molecular complexity index is 1170. The zero-order valence-electron chi connectivity index (χ0n) is 16.6. The summed E-state index contributed by atoms with van der Waals surface area (Å²) in [7, 11) is 1.53. The molecule has 1 atom stereocenters. The fourth-order valence-corrected chi connectivity index (χ4v) is 4.08. The van der Waals surface area contributed by atoms with Gasteiger partial charge in [0, 0.05) is 16.9 Å². The Hall–Kier alpha value is -3.50. The van der Waals surface area contributed by atoms with Crippen LogP contribution in [0.5, 0.6) is 11.5 Å². The first-order valence-corrected chi connectivity index (χ1v) is 10.2. The summed E-state index contributed by atoms with van der Waals surface area (Å²) in [5.41, 5.74) is 2.53. The normalized spacial score (nSPS) is 15.0. The van der Waals surface area contributed by atoms with Gasteiger partial charge in [-0.15, -0.1) is 6.42 Å². The van der Waals surface area contributed by atoms with Crippen LogP contribution in [0.3, 0.4) is 0 Å². The van der Waals surface area contributed by atoms with E-state index in [0.29, 0.717) is 32.9 Å². The Morgan fingerprint density at radius 1 is 1.19 bits per heavy atom. The van der Waals surface area contributed by atoms with Gasteiger partial charge >= 0.3 is 0 Å². The molecular weight excluding hydrogens is 463 g/mol. The fourth-order valence-electron chi connectivity index (χ4n) is 3.51. The van der Waals surface area contributed by atoms with Crippen molar-refractivity contribution in [3.8, 4) is 23.8 Å². The van der Waals surface area contributed by atoms with Crippen LogP contribution in [-0.2, 0) is 0 Å². The Balaban J connectivity index is 1.84. The van der Waals surface area contributed by atoms with E-state index < -0.39 is 6.17 Å². The third kappa shape index (κ3) is 3.94. The minimum absolute atomic E-state index is 0.0869. The molecule has 0 aliphatic carbocycles. The summed E-state index contributed by atoms with van der Waals surface area (Å²) < 4.78 is 25.3. The molecule has 0 aromatic heterocycles. The maximum atomic E-state index is 13.5. The minimum Gasteiger partial charge on any atom is -0.493 e. The number of fused-ring (bicyclic) bond motifs is 1. The van der Waals surface area contributed by atoms with Crippen molar-refractivity contribution in [3.05, 3.63) is 82.1 Å². The second-order valence-electron chi connectivity index (χ2n) is 6.77. The van der Waals surface area contributed by atoms with Crippen molar-refractivity contribution in [1.82, 2.24) is 0 Å². The lowest BCUT2D eigenvalue weighted by Crippen LogP contribution is -2.43. The van der Waals surface area contributed by atoms with Gasteiger partial charge in [0.2, 0.25) is 0 Å². The van der Waals surface area contributed by atoms with Gasteiger partial charge in [-0.3, -0.25) is 9.69 Å². The van der Waals surface area contributed by atoms with Crippen LogP contribution < -0.4 is 19.7 Å². The second-order valence-corrected chi connectivity index (χ2v) is 7.63. The van der Waals surface area contributed by atoms with Crippen molar-refractivity contribution >= 4 is 33.2 Å². The van der Waals surface area contributed by atoms with Crippen molar-refractivity contribution in [2.75, 3.05) is 23.9 Å². The zero-order chi connectivity index (χ0) is 22.0. The summed E-state index contributed by atoms with van der Waals surface area (Å²) in [5, 5.41) is 3.41. The van der Waals surface area contributed by atoms with E-state index in [2.05, 4.69) is 27.2 Å². The number of carbonyl (C=O) groups is 1. The molecule has 1 N–H and O–H groups in total. The first-order valence-electron chi connectivity index (χ1n) is 9.42. The molecule has 1 aliphatic rings. The molecule has 3 aromatic carbocycles. The second kappa shape index (κ2) is 8.70. The highest BCUT2D eigenvalue weighted by Gasteiger charge is 2.35. The van der Waals surface area contributed by atoms with E-state index in [1.165, 1.54) is 19.2 Å². The lowest BCUT2D eigenvalue weighted by Gasteiger charge is -2.38. The number of amides is 1. The predicted molar refractivity (Wildman–Crippen MR) is 121 cm³/mol. The molecule has 0 bridgehead atoms. The summed E-state index contributed by atoms with van der Waals surface area (Å²) >= 11 is 3.51. The van der Waals surface area contributed by atoms with Crippen molar-refractivity contribution in [3.63, 3.8) is 0 Å². The number of nitrogens with one attached hydrogen (secondary N) is 1. The quantitative estimate of drug-likeness (QED) is 0.498. The van der Waals surface area contributed by atoms with E-state index in [0.717, 1.165) is 5.56 Å². The van der Waals surface area contributed by atoms with Crippen molar-refractivity contribution < 1.29 is 18.7 Å². The van der Waals surface area contributed by atoms with Crippen LogP contribution in [0, 0.1) is 18.2 Å². The summed E-state index contributed by atoms with van der Waals surface area (Å²) in [4.78, 5) is 15.0. The number of benzene rings is 3. The Labute approximate surface area is 187 Å². The van der Waals surface area contributed by atoms with E-state index in [4.69, 9.17) is 15.9 Å². The lowest BCUT2D eigenvalue weighted by molar-refractivity contribution is 0.0975. The molecule has 0 spiro atoms. The highest BCUT2D eigenvalue weighted by Crippen LogP contribution is 2.42. The van der Waals surface area contributed by atoms with Gasteiger partial charge < -0.3 is 14.8 Å². The number of methoxy groups -OCH3 is 1. The van der Waals surface area contributed by atoms with Crippen molar-refractivity contribution in [1.29, 1.82) is 0 Å². The number of hydrogen-bond acceptors (Lipinski definition) is 4. The maximum absolute atomic E-state index is 13.5. The minimum atomic E-state index is -0.570. The largest absolute Gasteiger partial charge is 0.493 e. The lowest BCUT2D eigenvalue weighted by atomic mass is 10.0. The van der Waals surface area contributed by atoms with Gasteiger partial charge in [-0.05, 0) is 64.5 Å². The number of para-hydroxylation sites is 1. The molecule has 7 heteroatoms. The summed E-state index contributed by atoms with van der Waals surface area (Å²) in [5.74, 6) is 2.79. The van der Waals surface area contributed by atoms with E-state index in [1.807, 2.05) is 18.2 Å². The third-order valence-corrected chi connectivity index (χ3v) is 5.49. The van der Waals surface area contributed by atoms with E-state index in [1.54, 1.807) is 35.2 Å². The smallest absolute Gasteiger partial charge is 0.262 e.